The third-order valence-electron chi connectivity index (χ3n) is 2.51. The van der Waals surface area contributed by atoms with Gasteiger partial charge in [-0.1, -0.05) is 18.7 Å². The molecule has 1 heterocycles. The molecule has 2 rings (SSSR count). The van der Waals surface area contributed by atoms with E-state index in [-0.39, 0.29) is 5.56 Å². The summed E-state index contributed by atoms with van der Waals surface area (Å²) < 4.78 is 51.0. The van der Waals surface area contributed by atoms with Gasteiger partial charge in [0, 0.05) is 17.3 Å². The fourth-order valence-corrected chi connectivity index (χ4v) is 1.66. The minimum absolute atomic E-state index is 0.200. The molecule has 0 N–H and O–H groups in total. The Labute approximate surface area is 107 Å². The van der Waals surface area contributed by atoms with E-state index in [2.05, 4.69) is 11.7 Å². The molecule has 0 bridgehead atoms. The molecule has 2 aromatic rings. The van der Waals surface area contributed by atoms with Crippen LogP contribution in [0.15, 0.2) is 37.2 Å². The first-order valence-corrected chi connectivity index (χ1v) is 5.40. The minimum Gasteiger partial charge on any atom is -0.263 e. The molecule has 2 nitrogen and oxygen atoms in total. The van der Waals surface area contributed by atoms with Gasteiger partial charge >= 0.3 is 6.18 Å². The predicted molar refractivity (Wildman–Crippen MR) is 63.8 cm³/mol. The van der Waals surface area contributed by atoms with Gasteiger partial charge in [0.15, 0.2) is 0 Å². The Kier molecular flexibility index (Phi) is 3.42. The van der Waals surface area contributed by atoms with Crippen molar-refractivity contribution in [3.8, 4) is 11.1 Å². The van der Waals surface area contributed by atoms with Crippen molar-refractivity contribution in [1.82, 2.24) is 9.78 Å². The molecule has 0 radical (unpaired) electrons. The summed E-state index contributed by atoms with van der Waals surface area (Å²) in [6.07, 6.45) is -0.455. The molecule has 19 heavy (non-hydrogen) atoms. The van der Waals surface area contributed by atoms with Crippen molar-refractivity contribution in [2.75, 3.05) is 0 Å². The molecular formula is C13H10F4N2. The normalized spacial score (nSPS) is 11.6. The second-order valence-electron chi connectivity index (χ2n) is 3.99. The quantitative estimate of drug-likeness (QED) is 0.773. The van der Waals surface area contributed by atoms with Crippen LogP contribution in [0.5, 0.6) is 0 Å². The Bertz CT molecular complexity index is 599. The van der Waals surface area contributed by atoms with E-state index in [0.29, 0.717) is 11.1 Å². The summed E-state index contributed by atoms with van der Waals surface area (Å²) in [4.78, 5) is 0. The molecule has 100 valence electrons. The zero-order valence-corrected chi connectivity index (χ0v) is 9.78. The fourth-order valence-electron chi connectivity index (χ4n) is 1.66. The monoisotopic (exact) mass is 270 g/mol. The summed E-state index contributed by atoms with van der Waals surface area (Å²) in [7, 11) is 0. The molecule has 6 heteroatoms. The number of aromatic nitrogens is 2. The van der Waals surface area contributed by atoms with Crippen LogP contribution in [0.4, 0.5) is 17.6 Å². The van der Waals surface area contributed by atoms with Crippen LogP contribution in [0.2, 0.25) is 0 Å². The summed E-state index contributed by atoms with van der Waals surface area (Å²) in [6, 6.07) is 4.29. The van der Waals surface area contributed by atoms with E-state index in [1.165, 1.54) is 36.7 Å². The van der Waals surface area contributed by atoms with Gasteiger partial charge in [-0.15, -0.1) is 0 Å². The molecule has 0 saturated heterocycles. The number of halogens is 4. The van der Waals surface area contributed by atoms with E-state index in [1.54, 1.807) is 0 Å². The highest BCUT2D eigenvalue weighted by Crippen LogP contribution is 2.25. The van der Waals surface area contributed by atoms with Gasteiger partial charge in [-0.25, -0.2) is 4.39 Å². The molecule has 0 aliphatic rings. The molecule has 0 unspecified atom stereocenters. The Morgan fingerprint density at radius 1 is 1.32 bits per heavy atom. The van der Waals surface area contributed by atoms with Gasteiger partial charge < -0.3 is 0 Å². The molecule has 0 aliphatic heterocycles. The third-order valence-corrected chi connectivity index (χ3v) is 2.51. The summed E-state index contributed by atoms with van der Waals surface area (Å²) in [6.45, 7) is 2.36. The molecule has 0 atom stereocenters. The van der Waals surface area contributed by atoms with Crippen LogP contribution < -0.4 is 0 Å². The fraction of sp³-hybridized carbons (Fsp3) is 0.154. The van der Waals surface area contributed by atoms with Gasteiger partial charge in [-0.2, -0.15) is 18.3 Å². The lowest BCUT2D eigenvalue weighted by atomic mass is 10.1. The van der Waals surface area contributed by atoms with Crippen LogP contribution in [-0.4, -0.2) is 16.0 Å². The highest BCUT2D eigenvalue weighted by molar-refractivity contribution is 5.66. The third kappa shape index (κ3) is 3.21. The number of hydrogen-bond donors (Lipinski definition) is 0. The van der Waals surface area contributed by atoms with Crippen LogP contribution in [0.25, 0.3) is 17.2 Å². The molecule has 0 aliphatic carbocycles. The van der Waals surface area contributed by atoms with E-state index < -0.39 is 18.5 Å². The predicted octanol–water partition coefficient (Wildman–Crippen LogP) is 3.89. The molecule has 0 amide bonds. The highest BCUT2D eigenvalue weighted by Gasteiger charge is 2.28. The first-order chi connectivity index (χ1) is 8.89. The standard InChI is InChI=1S/C13H10F4N2/c1-2-9-3-4-12(14)11(5-9)10-6-18-19(7-10)8-13(15,16)17/h2-7H,1,8H2. The van der Waals surface area contributed by atoms with Crippen molar-refractivity contribution in [2.24, 2.45) is 0 Å². The van der Waals surface area contributed by atoms with Crippen LogP contribution in [0.1, 0.15) is 5.56 Å². The van der Waals surface area contributed by atoms with Crippen LogP contribution in [0, 0.1) is 5.82 Å². The maximum Gasteiger partial charge on any atom is 0.408 e. The molecule has 0 fully saturated rings. The van der Waals surface area contributed by atoms with Gasteiger partial charge in [0.1, 0.15) is 12.4 Å². The number of rotatable bonds is 3. The van der Waals surface area contributed by atoms with Gasteiger partial charge in [0.2, 0.25) is 0 Å². The highest BCUT2D eigenvalue weighted by atomic mass is 19.4. The molecule has 0 spiro atoms. The molecular weight excluding hydrogens is 260 g/mol. The molecule has 0 saturated carbocycles. The maximum atomic E-state index is 13.6. The summed E-state index contributed by atoms with van der Waals surface area (Å²) in [5.74, 6) is -0.517. The largest absolute Gasteiger partial charge is 0.408 e. The first-order valence-electron chi connectivity index (χ1n) is 5.40. The lowest BCUT2D eigenvalue weighted by Gasteiger charge is -2.05. The van der Waals surface area contributed by atoms with Crippen molar-refractivity contribution in [3.63, 3.8) is 0 Å². The average molecular weight is 270 g/mol. The Morgan fingerprint density at radius 3 is 2.68 bits per heavy atom. The SMILES string of the molecule is C=Cc1ccc(F)c(-c2cnn(CC(F)(F)F)c2)c1. The topological polar surface area (TPSA) is 17.8 Å². The van der Waals surface area contributed by atoms with Gasteiger partial charge in [0.25, 0.3) is 0 Å². The van der Waals surface area contributed by atoms with E-state index in [9.17, 15) is 17.6 Å². The minimum atomic E-state index is -4.36. The maximum absolute atomic E-state index is 13.6. The zero-order valence-electron chi connectivity index (χ0n) is 9.78. The van der Waals surface area contributed by atoms with Crippen LogP contribution in [0.3, 0.4) is 0 Å². The number of nitrogens with zero attached hydrogens (tertiary/aromatic N) is 2. The van der Waals surface area contributed by atoms with E-state index in [1.807, 2.05) is 0 Å². The van der Waals surface area contributed by atoms with Crippen molar-refractivity contribution in [1.29, 1.82) is 0 Å². The number of hydrogen-bond acceptors (Lipinski definition) is 1. The summed E-state index contributed by atoms with van der Waals surface area (Å²) in [5, 5.41) is 3.58. The van der Waals surface area contributed by atoms with Crippen LogP contribution >= 0.6 is 0 Å². The van der Waals surface area contributed by atoms with E-state index >= 15 is 0 Å². The van der Waals surface area contributed by atoms with E-state index in [0.717, 1.165) is 4.68 Å². The number of alkyl halides is 3. The zero-order chi connectivity index (χ0) is 14.0. The van der Waals surface area contributed by atoms with Gasteiger partial charge in [-0.05, 0) is 17.7 Å². The first kappa shape index (κ1) is 13.3. The van der Waals surface area contributed by atoms with Gasteiger partial charge in [0.05, 0.1) is 6.20 Å². The smallest absolute Gasteiger partial charge is 0.263 e. The van der Waals surface area contributed by atoms with E-state index in [4.69, 9.17) is 0 Å². The van der Waals surface area contributed by atoms with Crippen molar-refractivity contribution < 1.29 is 17.6 Å². The van der Waals surface area contributed by atoms with Crippen LogP contribution in [-0.2, 0) is 6.54 Å². The number of benzene rings is 1. The summed E-state index contributed by atoms with van der Waals surface area (Å²) >= 11 is 0. The average Bonchev–Trinajstić information content (AvgIpc) is 2.75. The van der Waals surface area contributed by atoms with Crippen molar-refractivity contribution in [2.45, 2.75) is 12.7 Å². The van der Waals surface area contributed by atoms with Crippen molar-refractivity contribution >= 4 is 6.08 Å². The molecule has 1 aromatic heterocycles. The second kappa shape index (κ2) is 4.87. The Balaban J connectivity index is 2.35. The Morgan fingerprint density at radius 2 is 2.05 bits per heavy atom. The van der Waals surface area contributed by atoms with Crippen molar-refractivity contribution in [3.05, 3.63) is 48.6 Å². The molecule has 1 aromatic carbocycles. The Hall–Kier alpha value is -2.11. The lowest BCUT2D eigenvalue weighted by molar-refractivity contribution is -0.142. The lowest BCUT2D eigenvalue weighted by Crippen LogP contribution is -2.17. The second-order valence-corrected chi connectivity index (χ2v) is 3.99. The van der Waals surface area contributed by atoms with Gasteiger partial charge in [-0.3, -0.25) is 4.68 Å². The summed E-state index contributed by atoms with van der Waals surface area (Å²) in [5.41, 5.74) is 1.18.